The van der Waals surface area contributed by atoms with Gasteiger partial charge in [0.15, 0.2) is 0 Å². The molecule has 0 spiro atoms. The van der Waals surface area contributed by atoms with Gasteiger partial charge in [0.25, 0.3) is 0 Å². The lowest BCUT2D eigenvalue weighted by Crippen LogP contribution is -2.16. The van der Waals surface area contributed by atoms with Crippen LogP contribution >= 0.6 is 0 Å². The van der Waals surface area contributed by atoms with Crippen molar-refractivity contribution >= 4 is 11.0 Å². The van der Waals surface area contributed by atoms with Gasteiger partial charge in [0.1, 0.15) is 11.3 Å². The number of hydrogen-bond acceptors (Lipinski definition) is 5. The van der Waals surface area contributed by atoms with Crippen LogP contribution in [0.5, 0.6) is 11.6 Å². The molecular weight excluding hydrogens is 441 g/mol. The number of aryl methyl sites for hydroxylation is 1. The van der Waals surface area contributed by atoms with E-state index < -0.39 is 17.4 Å². The number of rotatable bonds is 11. The Balaban J connectivity index is 1.57. The second kappa shape index (κ2) is 10.6. The predicted octanol–water partition coefficient (Wildman–Crippen LogP) is 4.99. The molecule has 2 aromatic heterocycles. The van der Waals surface area contributed by atoms with Gasteiger partial charge in [-0.25, -0.2) is 9.59 Å². The number of hydrogen-bond donors (Lipinski definition) is 2. The first kappa shape index (κ1) is 24.5. The molecule has 180 valence electrons. The summed E-state index contributed by atoms with van der Waals surface area (Å²) in [6, 6.07) is 3.27. The van der Waals surface area contributed by atoms with Gasteiger partial charge in [0.2, 0.25) is 5.88 Å². The zero-order valence-electron chi connectivity index (χ0n) is 18.3. The average molecular weight is 468 g/mol. The summed E-state index contributed by atoms with van der Waals surface area (Å²) < 4.78 is 52.4. The molecule has 1 aromatic carbocycles. The Morgan fingerprint density at radius 1 is 1.12 bits per heavy atom. The summed E-state index contributed by atoms with van der Waals surface area (Å²) in [7, 11) is 0. The van der Waals surface area contributed by atoms with Crippen LogP contribution in [0.2, 0.25) is 0 Å². The van der Waals surface area contributed by atoms with Crippen LogP contribution in [0.4, 0.5) is 13.2 Å². The van der Waals surface area contributed by atoms with Crippen LogP contribution in [-0.4, -0.2) is 21.3 Å². The minimum absolute atomic E-state index is 0.0718. The molecule has 0 bridgehead atoms. The van der Waals surface area contributed by atoms with E-state index >= 15 is 0 Å². The highest BCUT2D eigenvalue weighted by molar-refractivity contribution is 5.85. The summed E-state index contributed by atoms with van der Waals surface area (Å²) in [5.41, 5.74) is -1.99. The fourth-order valence-corrected chi connectivity index (χ4v) is 3.81. The van der Waals surface area contributed by atoms with E-state index in [-0.39, 0.29) is 22.5 Å². The maximum atomic E-state index is 13.4. The molecule has 7 nitrogen and oxygen atoms in total. The lowest BCUT2D eigenvalue weighted by Gasteiger charge is -2.15. The van der Waals surface area contributed by atoms with E-state index in [4.69, 9.17) is 9.15 Å². The van der Waals surface area contributed by atoms with E-state index in [1.165, 1.54) is 22.9 Å². The molecular formula is C23H27F3N2O5. The second-order valence-corrected chi connectivity index (χ2v) is 7.87. The molecule has 0 fully saturated rings. The van der Waals surface area contributed by atoms with Crippen LogP contribution in [0.15, 0.2) is 38.4 Å². The van der Waals surface area contributed by atoms with Gasteiger partial charge in [-0.05, 0) is 31.4 Å². The number of unbranched alkanes of at least 4 members (excludes halogenated alkanes) is 4. The lowest BCUT2D eigenvalue weighted by atomic mass is 10.0. The standard InChI is InChI=1S/C23H27F3N2O5/c1-2-8-16-18(10-9-15-17(23(24,25)26)13-20(30)33-21(15)16)32-12-7-5-3-4-6-11-28-19(29)14-27-22(28)31/h9-10,13-14,29H,2-8,11-12H2,1H3,(H,27,31). The van der Waals surface area contributed by atoms with Crippen molar-refractivity contribution in [1.29, 1.82) is 0 Å². The first-order valence-corrected chi connectivity index (χ1v) is 11.0. The van der Waals surface area contributed by atoms with Crippen LogP contribution < -0.4 is 16.1 Å². The minimum atomic E-state index is -4.66. The molecule has 0 saturated heterocycles. The van der Waals surface area contributed by atoms with Gasteiger partial charge in [-0.3, -0.25) is 4.57 Å². The zero-order chi connectivity index (χ0) is 24.0. The van der Waals surface area contributed by atoms with Crippen molar-refractivity contribution < 1.29 is 27.4 Å². The number of H-pyrrole nitrogens is 1. The molecule has 0 unspecified atom stereocenters. The molecule has 2 heterocycles. The molecule has 0 amide bonds. The second-order valence-electron chi connectivity index (χ2n) is 7.87. The summed E-state index contributed by atoms with van der Waals surface area (Å²) in [4.78, 5) is 25.7. The molecule has 0 saturated carbocycles. The van der Waals surface area contributed by atoms with E-state index in [1.807, 2.05) is 6.92 Å². The van der Waals surface area contributed by atoms with Gasteiger partial charge < -0.3 is 19.2 Å². The summed E-state index contributed by atoms with van der Waals surface area (Å²) in [6.45, 7) is 2.70. The number of benzene rings is 1. The quantitative estimate of drug-likeness (QED) is 0.305. The van der Waals surface area contributed by atoms with Crippen molar-refractivity contribution in [2.24, 2.45) is 0 Å². The van der Waals surface area contributed by atoms with Gasteiger partial charge in [-0.15, -0.1) is 0 Å². The molecule has 0 aliphatic carbocycles. The van der Waals surface area contributed by atoms with Crippen LogP contribution in [0.1, 0.15) is 56.6 Å². The van der Waals surface area contributed by atoms with Crippen LogP contribution in [0.25, 0.3) is 11.0 Å². The normalized spacial score (nSPS) is 11.9. The third kappa shape index (κ3) is 6.00. The number of nitrogens with one attached hydrogen (secondary N) is 1. The number of halogens is 3. The van der Waals surface area contributed by atoms with E-state index in [0.717, 1.165) is 32.1 Å². The minimum Gasteiger partial charge on any atom is -0.493 e. The van der Waals surface area contributed by atoms with Gasteiger partial charge in [-0.1, -0.05) is 32.6 Å². The third-order valence-electron chi connectivity index (χ3n) is 5.41. The Hall–Kier alpha value is -3.17. The number of aromatic hydroxyl groups is 1. The average Bonchev–Trinajstić information content (AvgIpc) is 3.07. The van der Waals surface area contributed by atoms with Gasteiger partial charge >= 0.3 is 17.5 Å². The Labute approximate surface area is 187 Å². The molecule has 0 atom stereocenters. The maximum absolute atomic E-state index is 13.4. The lowest BCUT2D eigenvalue weighted by molar-refractivity contribution is -0.136. The third-order valence-corrected chi connectivity index (χ3v) is 5.41. The topological polar surface area (TPSA) is 97.5 Å². The molecule has 3 rings (SSSR count). The molecule has 10 heteroatoms. The first-order chi connectivity index (χ1) is 15.7. The number of alkyl halides is 3. The molecule has 3 aromatic rings. The number of imidazole rings is 1. The van der Waals surface area contributed by atoms with E-state index in [0.29, 0.717) is 43.4 Å². The van der Waals surface area contributed by atoms with Crippen molar-refractivity contribution in [2.75, 3.05) is 6.61 Å². The fraction of sp³-hybridized carbons (Fsp3) is 0.478. The number of fused-ring (bicyclic) bond motifs is 1. The van der Waals surface area contributed by atoms with Gasteiger partial charge in [-0.2, -0.15) is 13.2 Å². The van der Waals surface area contributed by atoms with Crippen LogP contribution in [0, 0.1) is 0 Å². The number of aromatic nitrogens is 2. The van der Waals surface area contributed by atoms with Crippen molar-refractivity contribution in [3.05, 3.63) is 56.4 Å². The fourth-order valence-electron chi connectivity index (χ4n) is 3.81. The maximum Gasteiger partial charge on any atom is 0.417 e. The first-order valence-electron chi connectivity index (χ1n) is 11.0. The Kier molecular flexibility index (Phi) is 7.88. The molecule has 0 radical (unpaired) electrons. The molecule has 2 N–H and O–H groups in total. The summed E-state index contributed by atoms with van der Waals surface area (Å²) >= 11 is 0. The Morgan fingerprint density at radius 2 is 1.85 bits per heavy atom. The van der Waals surface area contributed by atoms with Gasteiger partial charge in [0, 0.05) is 23.6 Å². The van der Waals surface area contributed by atoms with Crippen molar-refractivity contribution in [1.82, 2.24) is 9.55 Å². The highest BCUT2D eigenvalue weighted by atomic mass is 19.4. The predicted molar refractivity (Wildman–Crippen MR) is 117 cm³/mol. The summed E-state index contributed by atoms with van der Waals surface area (Å²) in [5.74, 6) is 0.346. The number of aromatic amines is 1. The highest BCUT2D eigenvalue weighted by Gasteiger charge is 2.34. The van der Waals surface area contributed by atoms with Crippen LogP contribution in [0.3, 0.4) is 0 Å². The summed E-state index contributed by atoms with van der Waals surface area (Å²) in [6.07, 6.45) is 1.81. The van der Waals surface area contributed by atoms with Crippen molar-refractivity contribution in [3.8, 4) is 11.6 Å². The molecule has 0 aliphatic heterocycles. The zero-order valence-corrected chi connectivity index (χ0v) is 18.3. The Morgan fingerprint density at radius 3 is 2.52 bits per heavy atom. The van der Waals surface area contributed by atoms with Crippen molar-refractivity contribution in [3.63, 3.8) is 0 Å². The van der Waals surface area contributed by atoms with Gasteiger partial charge in [0.05, 0.1) is 18.4 Å². The smallest absolute Gasteiger partial charge is 0.417 e. The van der Waals surface area contributed by atoms with Crippen LogP contribution in [-0.2, 0) is 19.1 Å². The largest absolute Gasteiger partial charge is 0.493 e. The number of ether oxygens (including phenoxy) is 1. The monoisotopic (exact) mass is 468 g/mol. The van der Waals surface area contributed by atoms with E-state index in [2.05, 4.69) is 4.98 Å². The molecule has 33 heavy (non-hydrogen) atoms. The van der Waals surface area contributed by atoms with Crippen molar-refractivity contribution in [2.45, 2.75) is 64.6 Å². The highest BCUT2D eigenvalue weighted by Crippen LogP contribution is 2.37. The summed E-state index contributed by atoms with van der Waals surface area (Å²) in [5, 5.41) is 9.40. The van der Waals surface area contributed by atoms with E-state index in [9.17, 15) is 27.9 Å². The molecule has 0 aliphatic rings. The SMILES string of the molecule is CCCc1c(OCCCCCCCn2c(O)c[nH]c2=O)ccc2c(C(F)(F)F)cc(=O)oc12. The Bertz CT molecular complexity index is 1190. The van der Waals surface area contributed by atoms with E-state index in [1.54, 1.807) is 0 Å². The number of nitrogens with zero attached hydrogens (tertiary/aromatic N) is 1.